The Bertz CT molecular complexity index is 2470. The van der Waals surface area contributed by atoms with E-state index < -0.39 is 105 Å². The van der Waals surface area contributed by atoms with E-state index in [2.05, 4.69) is 269 Å². The third kappa shape index (κ3) is 46.2. The van der Waals surface area contributed by atoms with Gasteiger partial charge in [-0.05, 0) is 84.6 Å². The maximum atomic E-state index is 4.44. The van der Waals surface area contributed by atoms with E-state index >= 15 is 0 Å². The summed E-state index contributed by atoms with van der Waals surface area (Å²) in [6, 6.07) is 53.4. The first-order chi connectivity index (χ1) is 49.3. The Balaban J connectivity index is 7.04. The molecule has 0 rings (SSSR count). The molecular formula is C92H184Si13. The van der Waals surface area contributed by atoms with Crippen molar-refractivity contribution in [2.45, 2.75) is 398 Å². The van der Waals surface area contributed by atoms with Crippen LogP contribution in [0.2, 0.25) is 321 Å². The summed E-state index contributed by atoms with van der Waals surface area (Å²) < 4.78 is 0. The minimum atomic E-state index is -1.52. The van der Waals surface area contributed by atoms with E-state index in [0.717, 1.165) is 0 Å². The molecule has 105 heavy (non-hydrogen) atoms. The summed E-state index contributed by atoms with van der Waals surface area (Å²) in [6.45, 7) is 98.4. The minimum absolute atomic E-state index is 1.22. The Labute approximate surface area is 674 Å². The summed E-state index contributed by atoms with van der Waals surface area (Å²) in [5, 5.41) is 0. The van der Waals surface area contributed by atoms with Crippen molar-refractivity contribution in [2.24, 2.45) is 0 Å². The predicted octanol–water partition coefficient (Wildman–Crippen LogP) is 34.9. The van der Waals surface area contributed by atoms with Crippen LogP contribution in [-0.4, -0.2) is 105 Å². The van der Waals surface area contributed by atoms with Gasteiger partial charge in [-0.2, -0.15) is 0 Å². The van der Waals surface area contributed by atoms with Crippen molar-refractivity contribution >= 4 is 105 Å². The van der Waals surface area contributed by atoms with Gasteiger partial charge in [-0.1, -0.05) is 399 Å². The fourth-order valence-electron chi connectivity index (χ4n) is 20.3. The second kappa shape index (κ2) is 54.0. The molecule has 0 aliphatic carbocycles. The molecule has 13 heteroatoms. The van der Waals surface area contributed by atoms with Crippen molar-refractivity contribution in [3.8, 4) is 0 Å². The maximum absolute atomic E-state index is 4.44. The molecule has 0 aliphatic rings. The molecule has 0 nitrogen and oxygen atoms in total. The summed E-state index contributed by atoms with van der Waals surface area (Å²) in [4.78, 5) is 0. The summed E-state index contributed by atoms with van der Waals surface area (Å²) in [7, 11) is -18.6. The molecule has 0 spiro atoms. The Morgan fingerprint density at radius 3 is 0.324 bits per heavy atom. The lowest BCUT2D eigenvalue weighted by molar-refractivity contribution is 0.871. The van der Waals surface area contributed by atoms with Crippen LogP contribution < -0.4 is 0 Å². The van der Waals surface area contributed by atoms with Gasteiger partial charge in [-0.3, -0.25) is 0 Å². The fourth-order valence-corrected chi connectivity index (χ4v) is 67.2. The zero-order valence-electron chi connectivity index (χ0n) is 73.8. The molecule has 604 valence electrons. The van der Waals surface area contributed by atoms with E-state index in [1.807, 2.05) is 0 Å². The quantitative estimate of drug-likeness (QED) is 0.0421. The number of hydrogen-bond donors (Lipinski definition) is 0. The normalized spacial score (nSPS) is 16.6. The molecule has 0 saturated heterocycles. The Hall–Kier alpha value is -0.821. The lowest BCUT2D eigenvalue weighted by Crippen LogP contribution is -2.36. The van der Waals surface area contributed by atoms with Gasteiger partial charge in [0.05, 0.1) is 96.9 Å². The molecule has 0 amide bonds. The lowest BCUT2D eigenvalue weighted by Gasteiger charge is -2.35. The van der Waals surface area contributed by atoms with Crippen molar-refractivity contribution < 1.29 is 0 Å². The van der Waals surface area contributed by atoms with Gasteiger partial charge in [0, 0.05) is 8.07 Å². The van der Waals surface area contributed by atoms with Crippen LogP contribution in [0.1, 0.15) is 77.0 Å². The average Bonchev–Trinajstić information content (AvgIpc) is 0.864. The molecule has 0 bridgehead atoms. The van der Waals surface area contributed by atoms with Gasteiger partial charge in [0.2, 0.25) is 0 Å². The molecule has 0 saturated carbocycles. The number of allylic oxidation sites excluding steroid dienone is 14. The summed E-state index contributed by atoms with van der Waals surface area (Å²) >= 11 is 0. The standard InChI is InChI=1S/C92H184Si13/c1-29-55-94(17,56-30-2)73-45-78-99(22,65-39-11)81-50-82-102(25,68-42-14)84-52-89-104(27,88-51-83-100(23,66-40-12)79-46-74-95(18,57-31-3)58-32-4)72-44-70-93(15,16)69-43-71-103(26,86-48-76-97(20,61-35-7)62-36-8)91-54-92-105(28,87-49-77-98(21,63-37-9)64-38-10)90-53-85-101(24,67-41-13)80-47-75-96(19,59-33-5)60-34-6/h29-42H,1-14,43-92H2,15-28H3. The topological polar surface area (TPSA) is 0 Å². The predicted molar refractivity (Wildman–Crippen MR) is 538 cm³/mol. The van der Waals surface area contributed by atoms with Gasteiger partial charge < -0.3 is 0 Å². The van der Waals surface area contributed by atoms with Crippen molar-refractivity contribution in [2.75, 3.05) is 0 Å². The molecule has 0 aromatic carbocycles. The summed E-state index contributed by atoms with van der Waals surface area (Å²) in [5.74, 6) is 0. The Morgan fingerprint density at radius 2 is 0.210 bits per heavy atom. The van der Waals surface area contributed by atoms with Crippen LogP contribution in [0.25, 0.3) is 0 Å². The molecule has 0 aromatic heterocycles. The second-order valence-corrected chi connectivity index (χ2v) is 107. The lowest BCUT2D eigenvalue weighted by atomic mass is 10.5. The van der Waals surface area contributed by atoms with Gasteiger partial charge in [0.15, 0.2) is 0 Å². The molecule has 7 unspecified atom stereocenters. The van der Waals surface area contributed by atoms with Gasteiger partial charge in [0.1, 0.15) is 0 Å². The van der Waals surface area contributed by atoms with Crippen LogP contribution in [0.4, 0.5) is 0 Å². The van der Waals surface area contributed by atoms with Crippen LogP contribution in [-0.2, 0) is 0 Å². The minimum Gasteiger partial charge on any atom is -0.103 e. The highest BCUT2D eigenvalue weighted by atomic mass is 28.4. The van der Waals surface area contributed by atoms with Gasteiger partial charge in [-0.25, -0.2) is 0 Å². The van der Waals surface area contributed by atoms with Crippen molar-refractivity contribution in [1.29, 1.82) is 0 Å². The van der Waals surface area contributed by atoms with Crippen LogP contribution >= 0.6 is 0 Å². The highest BCUT2D eigenvalue weighted by molar-refractivity contribution is 6.86. The van der Waals surface area contributed by atoms with Gasteiger partial charge in [-0.15, -0.1) is 92.1 Å². The zero-order valence-corrected chi connectivity index (χ0v) is 86.8. The third-order valence-corrected chi connectivity index (χ3v) is 83.4. The first-order valence-electron chi connectivity index (χ1n) is 43.9. The number of hydrogen-bond acceptors (Lipinski definition) is 0. The highest BCUT2D eigenvalue weighted by Gasteiger charge is 2.39. The fraction of sp³-hybridized carbons (Fsp3) is 0.696. The highest BCUT2D eigenvalue weighted by Crippen LogP contribution is 2.43. The van der Waals surface area contributed by atoms with Crippen LogP contribution in [0, 0.1) is 0 Å². The second-order valence-electron chi connectivity index (χ2n) is 41.0. The van der Waals surface area contributed by atoms with E-state index in [4.69, 9.17) is 0 Å². The van der Waals surface area contributed by atoms with Crippen LogP contribution in [0.5, 0.6) is 0 Å². The molecule has 0 N–H and O–H groups in total. The summed E-state index contributed by atoms with van der Waals surface area (Å²) in [5.41, 5.74) is 0. The molecule has 0 radical (unpaired) electrons. The van der Waals surface area contributed by atoms with E-state index in [-0.39, 0.29) is 0 Å². The number of rotatable bonds is 76. The van der Waals surface area contributed by atoms with E-state index in [0.29, 0.717) is 0 Å². The van der Waals surface area contributed by atoms with Gasteiger partial charge in [0.25, 0.3) is 0 Å². The van der Waals surface area contributed by atoms with Crippen molar-refractivity contribution in [3.05, 3.63) is 177 Å². The van der Waals surface area contributed by atoms with E-state index in [1.54, 1.807) is 36.3 Å². The Kier molecular flexibility index (Phi) is 53.6. The third-order valence-electron chi connectivity index (χ3n) is 27.8. The van der Waals surface area contributed by atoms with E-state index in [1.165, 1.54) is 270 Å². The first kappa shape index (κ1) is 104. The summed E-state index contributed by atoms with van der Waals surface area (Å²) in [6.07, 6.45) is 48.9. The van der Waals surface area contributed by atoms with Gasteiger partial charge >= 0.3 is 0 Å². The molecular weight excluding hydrogens is 1470 g/mol. The van der Waals surface area contributed by atoms with Crippen LogP contribution in [0.15, 0.2) is 177 Å². The van der Waals surface area contributed by atoms with Crippen molar-refractivity contribution in [3.63, 3.8) is 0 Å². The molecule has 0 fully saturated rings. The Morgan fingerprint density at radius 1 is 0.124 bits per heavy atom. The first-order valence-corrected chi connectivity index (χ1v) is 84.7. The smallest absolute Gasteiger partial charge is 0.0579 e. The molecule has 0 heterocycles. The van der Waals surface area contributed by atoms with Crippen LogP contribution in [0.3, 0.4) is 0 Å². The maximum Gasteiger partial charge on any atom is 0.0579 e. The monoisotopic (exact) mass is 1650 g/mol. The SMILES string of the molecule is C=CC[Si](C)(CC=C)CCC[Si](C)(CC=C)CCC[Si](C)(CC=C)CCC[Si](C)(CCC[Si](C)(C)CCC[Si](C)(CCC[Si](C)(CC=C)CC=C)CCC[Si](C)(CCC[Si](C)(CC=C)CC=C)CCC[Si](C)(CC=C)CCC[Si](C)(CC=C)CC=C)CCC[Si](C)(CC=C)CCC[Si](C)(CC=C)CC=C. The largest absolute Gasteiger partial charge is 0.103 e. The average molecular weight is 1660 g/mol. The van der Waals surface area contributed by atoms with Crippen molar-refractivity contribution in [1.82, 2.24) is 0 Å². The molecule has 0 aliphatic heterocycles. The zero-order chi connectivity index (χ0) is 79.8. The molecule has 0 aromatic rings. The molecule has 7 atom stereocenters. The van der Waals surface area contributed by atoms with E-state index in [9.17, 15) is 0 Å².